The van der Waals surface area contributed by atoms with Gasteiger partial charge < -0.3 is 21.1 Å². The number of hydrogen-bond donors (Lipinski definition) is 3. The van der Waals surface area contributed by atoms with Crippen LogP contribution in [0.2, 0.25) is 0 Å². The van der Waals surface area contributed by atoms with E-state index in [1.54, 1.807) is 36.7 Å². The lowest BCUT2D eigenvalue weighted by Gasteiger charge is -2.10. The van der Waals surface area contributed by atoms with E-state index >= 15 is 0 Å². The van der Waals surface area contributed by atoms with E-state index in [2.05, 4.69) is 15.6 Å². The summed E-state index contributed by atoms with van der Waals surface area (Å²) in [6.07, 6.45) is 5.29. The molecular formula is C20H24N4O4. The molecular weight excluding hydrogens is 360 g/mol. The van der Waals surface area contributed by atoms with Crippen LogP contribution in [0.25, 0.3) is 0 Å². The monoisotopic (exact) mass is 384 g/mol. The maximum Gasteiger partial charge on any atom is 0.410 e. The third-order valence-electron chi connectivity index (χ3n) is 3.89. The number of ether oxygens (including phenoxy) is 1. The fourth-order valence-electron chi connectivity index (χ4n) is 2.52. The Morgan fingerprint density at radius 2 is 1.71 bits per heavy atom. The number of unbranched alkanes of at least 4 members (excludes halogenated alkanes) is 2. The SMILES string of the molecule is NC(=O)Oc1ccccc1NC(=O)CCCCCC(=O)NCc1cccnc1. The number of nitrogens with two attached hydrogens (primary N) is 1. The number of para-hydroxylation sites is 2. The Labute approximate surface area is 163 Å². The molecule has 0 atom stereocenters. The molecule has 0 bridgehead atoms. The first kappa shape index (κ1) is 20.9. The van der Waals surface area contributed by atoms with E-state index in [0.29, 0.717) is 37.9 Å². The van der Waals surface area contributed by atoms with Crippen molar-refractivity contribution in [2.75, 3.05) is 5.32 Å². The Morgan fingerprint density at radius 1 is 0.964 bits per heavy atom. The molecule has 0 saturated heterocycles. The summed E-state index contributed by atoms with van der Waals surface area (Å²) in [6, 6.07) is 10.3. The minimum absolute atomic E-state index is 0.0224. The third-order valence-corrected chi connectivity index (χ3v) is 3.89. The molecule has 4 N–H and O–H groups in total. The van der Waals surface area contributed by atoms with E-state index in [4.69, 9.17) is 10.5 Å². The lowest BCUT2D eigenvalue weighted by Crippen LogP contribution is -2.22. The maximum absolute atomic E-state index is 12.0. The highest BCUT2D eigenvalue weighted by Crippen LogP contribution is 2.24. The molecule has 0 saturated carbocycles. The topological polar surface area (TPSA) is 123 Å². The molecule has 0 aliphatic heterocycles. The van der Waals surface area contributed by atoms with Crippen molar-refractivity contribution in [3.63, 3.8) is 0 Å². The number of hydrogen-bond acceptors (Lipinski definition) is 5. The first-order chi connectivity index (χ1) is 13.5. The molecule has 0 aliphatic rings. The quantitative estimate of drug-likeness (QED) is 0.544. The average Bonchev–Trinajstić information content (AvgIpc) is 2.68. The van der Waals surface area contributed by atoms with Crippen LogP contribution < -0.4 is 21.1 Å². The highest BCUT2D eigenvalue weighted by atomic mass is 16.5. The maximum atomic E-state index is 12.0. The fourth-order valence-corrected chi connectivity index (χ4v) is 2.52. The Balaban J connectivity index is 1.61. The summed E-state index contributed by atoms with van der Waals surface area (Å²) in [6.45, 7) is 0.460. The molecule has 3 amide bonds. The molecule has 0 aliphatic carbocycles. The largest absolute Gasteiger partial charge is 0.410 e. The summed E-state index contributed by atoms with van der Waals surface area (Å²) in [5, 5.41) is 5.54. The molecule has 1 heterocycles. The van der Waals surface area contributed by atoms with E-state index in [1.807, 2.05) is 12.1 Å². The summed E-state index contributed by atoms with van der Waals surface area (Å²) < 4.78 is 4.85. The molecule has 0 fully saturated rings. The van der Waals surface area contributed by atoms with Crippen LogP contribution in [0.5, 0.6) is 5.75 Å². The van der Waals surface area contributed by atoms with Gasteiger partial charge in [0.25, 0.3) is 0 Å². The summed E-state index contributed by atoms with van der Waals surface area (Å²) in [5.74, 6) is -0.0129. The third kappa shape index (κ3) is 7.86. The van der Waals surface area contributed by atoms with Crippen molar-refractivity contribution in [2.45, 2.75) is 38.6 Å². The zero-order chi connectivity index (χ0) is 20.2. The van der Waals surface area contributed by atoms with E-state index in [1.165, 1.54) is 0 Å². The average molecular weight is 384 g/mol. The minimum atomic E-state index is -0.941. The van der Waals surface area contributed by atoms with Gasteiger partial charge in [0, 0.05) is 31.8 Å². The molecule has 1 aromatic carbocycles. The zero-order valence-electron chi connectivity index (χ0n) is 15.5. The Morgan fingerprint density at radius 3 is 2.43 bits per heavy atom. The van der Waals surface area contributed by atoms with Crippen LogP contribution in [-0.4, -0.2) is 22.9 Å². The summed E-state index contributed by atoms with van der Waals surface area (Å²) in [5.41, 5.74) is 6.35. The molecule has 0 radical (unpaired) electrons. The van der Waals surface area contributed by atoms with Crippen molar-refractivity contribution in [3.8, 4) is 5.75 Å². The van der Waals surface area contributed by atoms with Gasteiger partial charge in [0.05, 0.1) is 5.69 Å². The summed E-state index contributed by atoms with van der Waals surface area (Å²) in [7, 11) is 0. The van der Waals surface area contributed by atoms with Gasteiger partial charge in [0.15, 0.2) is 5.75 Å². The van der Waals surface area contributed by atoms with E-state index in [-0.39, 0.29) is 17.6 Å². The lowest BCUT2D eigenvalue weighted by atomic mass is 10.1. The van der Waals surface area contributed by atoms with Gasteiger partial charge in [-0.3, -0.25) is 14.6 Å². The number of carbonyl (C=O) groups is 3. The lowest BCUT2D eigenvalue weighted by molar-refractivity contribution is -0.121. The Hall–Kier alpha value is -3.42. The van der Waals surface area contributed by atoms with Crippen LogP contribution in [0.3, 0.4) is 0 Å². The number of anilines is 1. The first-order valence-corrected chi connectivity index (χ1v) is 9.06. The number of aromatic nitrogens is 1. The Kier molecular flexibility index (Phi) is 8.45. The van der Waals surface area contributed by atoms with Gasteiger partial charge in [-0.2, -0.15) is 0 Å². The predicted octanol–water partition coefficient (Wildman–Crippen LogP) is 2.74. The number of rotatable bonds is 10. The first-order valence-electron chi connectivity index (χ1n) is 9.06. The number of nitrogens with one attached hydrogen (secondary N) is 2. The second kappa shape index (κ2) is 11.3. The van der Waals surface area contributed by atoms with Crippen molar-refractivity contribution in [1.82, 2.24) is 10.3 Å². The molecule has 0 unspecified atom stereocenters. The van der Waals surface area contributed by atoms with Crippen molar-refractivity contribution in [2.24, 2.45) is 5.73 Å². The number of benzene rings is 1. The van der Waals surface area contributed by atoms with Crippen molar-refractivity contribution in [1.29, 1.82) is 0 Å². The van der Waals surface area contributed by atoms with Crippen LogP contribution in [0, 0.1) is 0 Å². The van der Waals surface area contributed by atoms with Gasteiger partial charge in [-0.15, -0.1) is 0 Å². The highest BCUT2D eigenvalue weighted by Gasteiger charge is 2.09. The van der Waals surface area contributed by atoms with E-state index in [0.717, 1.165) is 12.0 Å². The van der Waals surface area contributed by atoms with E-state index in [9.17, 15) is 14.4 Å². The molecule has 8 nitrogen and oxygen atoms in total. The minimum Gasteiger partial charge on any atom is -0.408 e. The molecule has 2 aromatic rings. The van der Waals surface area contributed by atoms with Crippen molar-refractivity contribution in [3.05, 3.63) is 54.4 Å². The molecule has 28 heavy (non-hydrogen) atoms. The number of primary amides is 1. The molecule has 148 valence electrons. The number of nitrogens with zero attached hydrogens (tertiary/aromatic N) is 1. The van der Waals surface area contributed by atoms with Crippen LogP contribution in [0.1, 0.15) is 37.7 Å². The molecule has 2 rings (SSSR count). The van der Waals surface area contributed by atoms with Gasteiger partial charge in [0.2, 0.25) is 11.8 Å². The number of pyridine rings is 1. The summed E-state index contributed by atoms with van der Waals surface area (Å²) in [4.78, 5) is 38.7. The predicted molar refractivity (Wildman–Crippen MR) is 104 cm³/mol. The number of carbonyl (C=O) groups excluding carboxylic acids is 3. The van der Waals surface area contributed by atoms with Crippen LogP contribution >= 0.6 is 0 Å². The van der Waals surface area contributed by atoms with Gasteiger partial charge >= 0.3 is 6.09 Å². The smallest absolute Gasteiger partial charge is 0.408 e. The van der Waals surface area contributed by atoms with Crippen molar-refractivity contribution >= 4 is 23.6 Å². The van der Waals surface area contributed by atoms with Crippen LogP contribution in [0.4, 0.5) is 10.5 Å². The van der Waals surface area contributed by atoms with Gasteiger partial charge in [-0.05, 0) is 36.6 Å². The molecule has 0 spiro atoms. The second-order valence-corrected chi connectivity index (χ2v) is 6.16. The second-order valence-electron chi connectivity index (χ2n) is 6.16. The van der Waals surface area contributed by atoms with Gasteiger partial charge in [-0.1, -0.05) is 24.6 Å². The van der Waals surface area contributed by atoms with Crippen LogP contribution in [0.15, 0.2) is 48.8 Å². The Bertz CT molecular complexity index is 796. The summed E-state index contributed by atoms with van der Waals surface area (Å²) >= 11 is 0. The van der Waals surface area contributed by atoms with E-state index < -0.39 is 6.09 Å². The number of amides is 3. The fraction of sp³-hybridized carbons (Fsp3) is 0.300. The highest BCUT2D eigenvalue weighted by molar-refractivity contribution is 5.92. The zero-order valence-corrected chi connectivity index (χ0v) is 15.5. The molecule has 8 heteroatoms. The normalized spacial score (nSPS) is 10.1. The van der Waals surface area contributed by atoms with Crippen molar-refractivity contribution < 1.29 is 19.1 Å². The standard InChI is InChI=1S/C20H24N4O4/c21-20(27)28-17-9-5-4-8-16(17)24-19(26)11-3-1-2-10-18(25)23-14-15-7-6-12-22-13-15/h4-9,12-13H,1-3,10-11,14H2,(H2,21,27)(H,23,25)(H,24,26). The van der Waals surface area contributed by atoms with Gasteiger partial charge in [-0.25, -0.2) is 4.79 Å². The van der Waals surface area contributed by atoms with Gasteiger partial charge in [0.1, 0.15) is 0 Å². The van der Waals surface area contributed by atoms with Crippen LogP contribution in [-0.2, 0) is 16.1 Å². The molecule has 1 aromatic heterocycles.